The van der Waals surface area contributed by atoms with Gasteiger partial charge in [0.2, 0.25) is 0 Å². The van der Waals surface area contributed by atoms with Crippen LogP contribution in [0.3, 0.4) is 0 Å². The van der Waals surface area contributed by atoms with Crippen molar-refractivity contribution < 1.29 is 0 Å². The number of fused-ring (bicyclic) bond motifs is 2. The van der Waals surface area contributed by atoms with Crippen molar-refractivity contribution in [1.29, 1.82) is 0 Å². The van der Waals surface area contributed by atoms with Crippen LogP contribution in [0, 0.1) is 13.8 Å². The molecule has 0 bridgehead atoms. The van der Waals surface area contributed by atoms with E-state index in [1.165, 1.54) is 73.9 Å². The molecule has 3 aromatic carbocycles. The highest BCUT2D eigenvalue weighted by molar-refractivity contribution is 7.70. The zero-order valence-corrected chi connectivity index (χ0v) is 33.3. The third kappa shape index (κ3) is 5.30. The fraction of sp³-hybridized carbons (Fsp3) is 0.174. The largest absolute Gasteiger partial charge is 0.140 e. The molecule has 5 aromatic heterocycles. The highest BCUT2D eigenvalue weighted by atomic mass is 32.1. The van der Waals surface area contributed by atoms with E-state index in [4.69, 9.17) is 0 Å². The standard InChI is InChI=1S/C46H39P3S2/c1-30-24-28-41(50-30)45-37-22-12-20-35(37)43(48(45)33-16-8-4-9-17-33)39-26-27-40(47(39)32-14-6-3-7-15-32)44-36-21-13-23-38(36)46(42-29-25-31(2)51-42)49(44)34-18-10-5-11-19-34/h3-11,14-19,24-29H,12-13,20-23H2,1-2H3. The Bertz CT molecular complexity index is 2380. The molecule has 10 rings (SSSR count). The number of rotatable bonds is 7. The number of thiophene rings is 2. The molecule has 0 saturated carbocycles. The van der Waals surface area contributed by atoms with Crippen molar-refractivity contribution in [2.24, 2.45) is 0 Å². The highest BCUT2D eigenvalue weighted by Gasteiger charge is 2.35. The van der Waals surface area contributed by atoms with Gasteiger partial charge in [-0.3, -0.25) is 0 Å². The monoisotopic (exact) mass is 748 g/mol. The molecule has 2 atom stereocenters. The summed E-state index contributed by atoms with van der Waals surface area (Å²) in [6, 6.07) is 49.5. The second-order valence-electron chi connectivity index (χ2n) is 14.0. The van der Waals surface area contributed by atoms with Crippen LogP contribution in [0.1, 0.15) is 44.8 Å². The van der Waals surface area contributed by atoms with Crippen molar-refractivity contribution >= 4 is 45.3 Å². The molecule has 0 N–H and O–H groups in total. The number of aryl methyl sites for hydroxylation is 2. The normalized spacial score (nSPS) is 14.7. The molecule has 5 heteroatoms. The Morgan fingerprint density at radius 2 is 0.725 bits per heavy atom. The zero-order valence-electron chi connectivity index (χ0n) is 29.0. The van der Waals surface area contributed by atoms with E-state index in [1.807, 2.05) is 22.7 Å². The summed E-state index contributed by atoms with van der Waals surface area (Å²) in [5, 5.41) is 14.4. The van der Waals surface area contributed by atoms with E-state index >= 15 is 0 Å². The SMILES string of the molecule is Cc1ccc(-c2c3c(c(-c4ccc(-c5c6c(c(-c7ccc(C)s7)p5-c5ccccc5)CCC6)p4-c4ccccc4)p2-c2ccccc2)CCC3)s1. The van der Waals surface area contributed by atoms with Gasteiger partial charge in [-0.25, -0.2) is 0 Å². The minimum atomic E-state index is -0.743. The average molecular weight is 749 g/mol. The van der Waals surface area contributed by atoms with Crippen molar-refractivity contribution in [3.8, 4) is 57.4 Å². The van der Waals surface area contributed by atoms with Crippen LogP contribution in [0.4, 0.5) is 0 Å². The van der Waals surface area contributed by atoms with Gasteiger partial charge in [0.15, 0.2) is 0 Å². The van der Waals surface area contributed by atoms with Gasteiger partial charge < -0.3 is 0 Å². The minimum Gasteiger partial charge on any atom is -0.140 e. The molecular formula is C46H39P3S2. The third-order valence-electron chi connectivity index (χ3n) is 10.8. The van der Waals surface area contributed by atoms with Gasteiger partial charge in [-0.2, -0.15) is 0 Å². The first-order valence-electron chi connectivity index (χ1n) is 18.2. The van der Waals surface area contributed by atoms with E-state index < -0.39 is 22.6 Å². The van der Waals surface area contributed by atoms with Gasteiger partial charge in [-0.15, -0.1) is 22.7 Å². The zero-order chi connectivity index (χ0) is 34.1. The first-order valence-corrected chi connectivity index (χ1v) is 23.9. The van der Waals surface area contributed by atoms with Gasteiger partial charge in [0.1, 0.15) is 0 Å². The molecule has 0 nitrogen and oxygen atoms in total. The summed E-state index contributed by atoms with van der Waals surface area (Å²) in [5.41, 5.74) is 6.70. The fourth-order valence-corrected chi connectivity index (χ4v) is 20.6. The van der Waals surface area contributed by atoms with Crippen molar-refractivity contribution in [3.05, 3.63) is 159 Å². The predicted octanol–water partition coefficient (Wildman–Crippen LogP) is 16.0. The molecule has 250 valence electrons. The third-order valence-corrected chi connectivity index (χ3v) is 21.5. The van der Waals surface area contributed by atoms with Crippen molar-refractivity contribution in [3.63, 3.8) is 0 Å². The Labute approximate surface area is 312 Å². The summed E-state index contributed by atoms with van der Waals surface area (Å²) < 4.78 is 0. The van der Waals surface area contributed by atoms with Crippen molar-refractivity contribution in [2.45, 2.75) is 52.4 Å². The molecule has 2 aliphatic rings. The second kappa shape index (κ2) is 13.1. The summed E-state index contributed by atoms with van der Waals surface area (Å²) in [6.45, 7) is 4.54. The Hall–Kier alpha value is -3.60. The quantitative estimate of drug-likeness (QED) is 0.152. The molecular weight excluding hydrogens is 710 g/mol. The molecule has 51 heavy (non-hydrogen) atoms. The first kappa shape index (κ1) is 32.1. The second-order valence-corrected chi connectivity index (χ2v) is 22.8. The van der Waals surface area contributed by atoms with E-state index in [2.05, 4.69) is 141 Å². The minimum absolute atomic E-state index is 0.666. The topological polar surface area (TPSA) is 0 Å². The van der Waals surface area contributed by atoms with Gasteiger partial charge in [0, 0.05) is 51.3 Å². The Morgan fingerprint density at radius 3 is 1.08 bits per heavy atom. The van der Waals surface area contributed by atoms with Crippen LogP contribution in [0.15, 0.2) is 127 Å². The molecule has 5 heterocycles. The highest BCUT2D eigenvalue weighted by Crippen LogP contribution is 2.72. The van der Waals surface area contributed by atoms with Gasteiger partial charge in [0.25, 0.3) is 0 Å². The van der Waals surface area contributed by atoms with Crippen LogP contribution in [0.5, 0.6) is 0 Å². The van der Waals surface area contributed by atoms with Crippen LogP contribution in [-0.4, -0.2) is 0 Å². The Balaban J connectivity index is 1.32. The molecule has 2 unspecified atom stereocenters. The lowest BCUT2D eigenvalue weighted by Gasteiger charge is -2.17. The molecule has 8 aromatic rings. The average Bonchev–Trinajstić information content (AvgIpc) is 4.02. The van der Waals surface area contributed by atoms with Crippen LogP contribution in [-0.2, 0) is 25.7 Å². The number of hydrogen-bond acceptors (Lipinski definition) is 2. The molecule has 0 amide bonds. The molecule has 0 spiro atoms. The maximum atomic E-state index is 2.61. The predicted molar refractivity (Wildman–Crippen MR) is 230 cm³/mol. The van der Waals surface area contributed by atoms with Gasteiger partial charge in [-0.1, -0.05) is 114 Å². The lowest BCUT2D eigenvalue weighted by Crippen LogP contribution is -1.81. The summed E-state index contributed by atoms with van der Waals surface area (Å²) in [7, 11) is -2.08. The summed E-state index contributed by atoms with van der Waals surface area (Å²) >= 11 is 4.00. The van der Waals surface area contributed by atoms with E-state index in [-0.39, 0.29) is 0 Å². The van der Waals surface area contributed by atoms with Crippen LogP contribution in [0.2, 0.25) is 0 Å². The molecule has 0 saturated heterocycles. The molecule has 0 fully saturated rings. The summed E-state index contributed by atoms with van der Waals surface area (Å²) in [4.78, 5) is 5.80. The maximum Gasteiger partial charge on any atom is 0.0391 e. The smallest absolute Gasteiger partial charge is 0.0391 e. The summed E-state index contributed by atoms with van der Waals surface area (Å²) in [5.74, 6) is 0. The Kier molecular flexibility index (Phi) is 8.25. The fourth-order valence-electron chi connectivity index (χ4n) is 8.81. The van der Waals surface area contributed by atoms with E-state index in [0.717, 1.165) is 0 Å². The van der Waals surface area contributed by atoms with E-state index in [1.54, 1.807) is 54.0 Å². The van der Waals surface area contributed by atoms with Crippen molar-refractivity contribution in [2.75, 3.05) is 0 Å². The van der Waals surface area contributed by atoms with Crippen LogP contribution in [0.25, 0.3) is 57.4 Å². The number of hydrogen-bond donors (Lipinski definition) is 0. The van der Waals surface area contributed by atoms with Crippen molar-refractivity contribution in [1.82, 2.24) is 0 Å². The van der Waals surface area contributed by atoms with Gasteiger partial charge >= 0.3 is 0 Å². The molecule has 2 aliphatic carbocycles. The number of benzene rings is 3. The maximum absolute atomic E-state index is 2.61. The molecule has 0 radical (unpaired) electrons. The van der Waals surface area contributed by atoms with Gasteiger partial charge in [-0.05, 0) is 127 Å². The first-order chi connectivity index (χ1) is 25.2. The lowest BCUT2D eigenvalue weighted by molar-refractivity contribution is 0.912. The van der Waals surface area contributed by atoms with E-state index in [0.29, 0.717) is 0 Å². The van der Waals surface area contributed by atoms with Gasteiger partial charge in [0.05, 0.1) is 0 Å². The Morgan fingerprint density at radius 1 is 0.373 bits per heavy atom. The van der Waals surface area contributed by atoms with Crippen LogP contribution >= 0.6 is 45.3 Å². The summed E-state index contributed by atoms with van der Waals surface area (Å²) in [6.07, 6.45) is 7.35. The molecule has 0 aliphatic heterocycles. The lowest BCUT2D eigenvalue weighted by atomic mass is 10.1. The van der Waals surface area contributed by atoms with Crippen LogP contribution < -0.4 is 0 Å². The van der Waals surface area contributed by atoms with E-state index in [9.17, 15) is 0 Å².